The highest BCUT2D eigenvalue weighted by Gasteiger charge is 2.39. The predicted octanol–water partition coefficient (Wildman–Crippen LogP) is 5.65. The van der Waals surface area contributed by atoms with Gasteiger partial charge in [0.05, 0.1) is 0 Å². The third kappa shape index (κ3) is 3.52. The van der Waals surface area contributed by atoms with Gasteiger partial charge in [-0.2, -0.15) is 0 Å². The number of allylic oxidation sites excluding steroid dienone is 2. The number of amides is 1. The Morgan fingerprint density at radius 1 is 0.852 bits per heavy atom. The van der Waals surface area contributed by atoms with Crippen molar-refractivity contribution < 1.29 is 9.59 Å². The average molecular weight is 421 g/mol. The first kappa shape index (κ1) is 18.5. The molecule has 27 heavy (non-hydrogen) atoms. The molecule has 1 aliphatic carbocycles. The molecule has 1 amide bonds. The minimum Gasteiger partial charge on any atom is -0.329 e. The van der Waals surface area contributed by atoms with Crippen LogP contribution in [0.3, 0.4) is 0 Å². The zero-order valence-electron chi connectivity index (χ0n) is 14.3. The van der Waals surface area contributed by atoms with Crippen LogP contribution in [0.4, 0.5) is 0 Å². The number of nitrogens with one attached hydrogen (secondary N) is 1. The van der Waals surface area contributed by atoms with Gasteiger partial charge in [0, 0.05) is 45.1 Å². The number of carbonyl (C=O) groups is 2. The number of hydrogen-bond acceptors (Lipinski definition) is 2. The first-order chi connectivity index (χ1) is 12.9. The Kier molecular flexibility index (Phi) is 5.02. The Hall–Kier alpha value is -1.81. The van der Waals surface area contributed by atoms with Crippen LogP contribution < -0.4 is 5.32 Å². The predicted molar refractivity (Wildman–Crippen MR) is 107 cm³/mol. The van der Waals surface area contributed by atoms with Crippen LogP contribution in [0.25, 0.3) is 0 Å². The molecule has 1 N–H and O–H groups in total. The lowest BCUT2D eigenvalue weighted by Crippen LogP contribution is -2.38. The van der Waals surface area contributed by atoms with E-state index in [4.69, 9.17) is 34.8 Å². The lowest BCUT2D eigenvalue weighted by atomic mass is 9.73. The molecule has 0 saturated heterocycles. The van der Waals surface area contributed by atoms with E-state index in [0.29, 0.717) is 39.2 Å². The Morgan fingerprint density at radius 2 is 1.63 bits per heavy atom. The normalized spacial score (nSPS) is 22.5. The maximum absolute atomic E-state index is 13.1. The lowest BCUT2D eigenvalue weighted by Gasteiger charge is -2.35. The Labute approximate surface area is 172 Å². The molecule has 0 saturated carbocycles. The number of benzene rings is 2. The third-order valence-corrected chi connectivity index (χ3v) is 6.13. The summed E-state index contributed by atoms with van der Waals surface area (Å²) in [4.78, 5) is 25.4. The zero-order chi connectivity index (χ0) is 19.1. The summed E-state index contributed by atoms with van der Waals surface area (Å²) < 4.78 is 0. The SMILES string of the molecule is O=C1C[C@@H](c2ccc(Cl)cc2Cl)C2=C(C[C@@H](c3ccccc3Cl)CC2=O)N1. The highest BCUT2D eigenvalue weighted by atomic mass is 35.5. The summed E-state index contributed by atoms with van der Waals surface area (Å²) in [5, 5.41) is 4.53. The fraction of sp³-hybridized carbons (Fsp3) is 0.238. The van der Waals surface area contributed by atoms with Gasteiger partial charge in [-0.25, -0.2) is 0 Å². The third-order valence-electron chi connectivity index (χ3n) is 5.22. The van der Waals surface area contributed by atoms with Crippen LogP contribution in [0, 0.1) is 0 Å². The van der Waals surface area contributed by atoms with E-state index in [9.17, 15) is 9.59 Å². The molecule has 1 aliphatic heterocycles. The molecule has 2 aliphatic rings. The van der Waals surface area contributed by atoms with Gasteiger partial charge in [0.15, 0.2) is 5.78 Å². The van der Waals surface area contributed by atoms with Crippen molar-refractivity contribution in [3.8, 4) is 0 Å². The van der Waals surface area contributed by atoms with E-state index >= 15 is 0 Å². The minimum absolute atomic E-state index is 0.0252. The smallest absolute Gasteiger partial charge is 0.225 e. The van der Waals surface area contributed by atoms with Gasteiger partial charge in [-0.1, -0.05) is 59.1 Å². The number of ketones is 1. The van der Waals surface area contributed by atoms with E-state index in [2.05, 4.69) is 5.32 Å². The van der Waals surface area contributed by atoms with E-state index < -0.39 is 0 Å². The zero-order valence-corrected chi connectivity index (χ0v) is 16.5. The number of hydrogen-bond donors (Lipinski definition) is 1. The van der Waals surface area contributed by atoms with Gasteiger partial charge in [0.2, 0.25) is 5.91 Å². The van der Waals surface area contributed by atoms with Crippen molar-refractivity contribution in [1.82, 2.24) is 5.32 Å². The molecule has 4 rings (SSSR count). The van der Waals surface area contributed by atoms with E-state index in [-0.39, 0.29) is 29.9 Å². The Morgan fingerprint density at radius 3 is 2.37 bits per heavy atom. The fourth-order valence-corrected chi connectivity index (χ4v) is 4.87. The molecule has 2 aromatic carbocycles. The summed E-state index contributed by atoms with van der Waals surface area (Å²) in [6.45, 7) is 0. The van der Waals surface area contributed by atoms with Crippen LogP contribution in [-0.2, 0) is 9.59 Å². The minimum atomic E-state index is -0.349. The second kappa shape index (κ2) is 7.31. The molecule has 0 radical (unpaired) electrons. The van der Waals surface area contributed by atoms with Gasteiger partial charge in [-0.15, -0.1) is 0 Å². The van der Waals surface area contributed by atoms with Gasteiger partial charge in [-0.05, 0) is 41.7 Å². The van der Waals surface area contributed by atoms with Crippen molar-refractivity contribution in [2.75, 3.05) is 0 Å². The summed E-state index contributed by atoms with van der Waals surface area (Å²) in [6, 6.07) is 12.7. The number of rotatable bonds is 2. The Balaban J connectivity index is 1.75. The van der Waals surface area contributed by atoms with E-state index in [1.165, 1.54) is 0 Å². The van der Waals surface area contributed by atoms with Crippen molar-refractivity contribution in [2.45, 2.75) is 31.1 Å². The van der Waals surface area contributed by atoms with Crippen molar-refractivity contribution in [1.29, 1.82) is 0 Å². The monoisotopic (exact) mass is 419 g/mol. The number of halogens is 3. The summed E-state index contributed by atoms with van der Waals surface area (Å²) in [5.74, 6) is -0.488. The standard InChI is InChI=1S/C21H16Cl3NO2/c22-12-5-6-14(17(24)9-12)15-10-20(27)25-18-7-11(8-19(26)21(15)18)13-3-1-2-4-16(13)23/h1-6,9,11,15H,7-8,10H2,(H,25,27)/t11-,15+/m1/s1. The van der Waals surface area contributed by atoms with Crippen LogP contribution in [-0.4, -0.2) is 11.7 Å². The van der Waals surface area contributed by atoms with Gasteiger partial charge < -0.3 is 5.32 Å². The summed E-state index contributed by atoms with van der Waals surface area (Å²) in [6.07, 6.45) is 1.13. The van der Waals surface area contributed by atoms with Crippen molar-refractivity contribution >= 4 is 46.5 Å². The molecule has 6 heteroatoms. The molecule has 0 fully saturated rings. The van der Waals surface area contributed by atoms with Crippen LogP contribution in [0.1, 0.15) is 42.2 Å². The van der Waals surface area contributed by atoms with E-state index in [1.54, 1.807) is 18.2 Å². The van der Waals surface area contributed by atoms with Crippen LogP contribution >= 0.6 is 34.8 Å². The summed E-state index contributed by atoms with van der Waals surface area (Å²) in [7, 11) is 0. The molecule has 2 atom stereocenters. The first-order valence-electron chi connectivity index (χ1n) is 8.69. The van der Waals surface area contributed by atoms with Crippen molar-refractivity contribution in [3.63, 3.8) is 0 Å². The van der Waals surface area contributed by atoms with Gasteiger partial charge in [0.1, 0.15) is 0 Å². The molecular weight excluding hydrogens is 405 g/mol. The molecular formula is C21H16Cl3NO2. The second-order valence-corrected chi connectivity index (χ2v) is 8.16. The van der Waals surface area contributed by atoms with Crippen LogP contribution in [0.2, 0.25) is 15.1 Å². The van der Waals surface area contributed by atoms with Crippen molar-refractivity contribution in [2.24, 2.45) is 0 Å². The molecule has 3 nitrogen and oxygen atoms in total. The molecule has 1 heterocycles. The van der Waals surface area contributed by atoms with Crippen LogP contribution in [0.5, 0.6) is 0 Å². The van der Waals surface area contributed by atoms with E-state index in [1.807, 2.05) is 24.3 Å². The highest BCUT2D eigenvalue weighted by Crippen LogP contribution is 2.45. The number of carbonyl (C=O) groups excluding carboxylic acids is 2. The second-order valence-electron chi connectivity index (χ2n) is 6.91. The highest BCUT2D eigenvalue weighted by molar-refractivity contribution is 6.35. The quantitative estimate of drug-likeness (QED) is 0.682. The maximum Gasteiger partial charge on any atom is 0.225 e. The molecule has 0 bridgehead atoms. The van der Waals surface area contributed by atoms with E-state index in [0.717, 1.165) is 11.1 Å². The van der Waals surface area contributed by atoms with Gasteiger partial charge in [-0.3, -0.25) is 9.59 Å². The van der Waals surface area contributed by atoms with Gasteiger partial charge >= 0.3 is 0 Å². The molecule has 0 spiro atoms. The first-order valence-corrected chi connectivity index (χ1v) is 9.83. The number of Topliss-reactive ketones (excluding diaryl/α,β-unsaturated/α-hetero) is 1. The molecule has 0 aromatic heterocycles. The molecule has 138 valence electrons. The topological polar surface area (TPSA) is 46.2 Å². The summed E-state index contributed by atoms with van der Waals surface area (Å²) >= 11 is 18.7. The van der Waals surface area contributed by atoms with Gasteiger partial charge in [0.25, 0.3) is 0 Å². The van der Waals surface area contributed by atoms with Crippen molar-refractivity contribution in [3.05, 3.63) is 79.9 Å². The maximum atomic E-state index is 13.1. The summed E-state index contributed by atoms with van der Waals surface area (Å²) in [5.41, 5.74) is 3.03. The molecule has 2 aromatic rings. The van der Waals surface area contributed by atoms with Crippen LogP contribution in [0.15, 0.2) is 53.7 Å². The molecule has 0 unspecified atom stereocenters. The average Bonchev–Trinajstić information content (AvgIpc) is 2.61. The fourth-order valence-electron chi connectivity index (χ4n) is 4.04. The largest absolute Gasteiger partial charge is 0.329 e. The Bertz CT molecular complexity index is 983. The lowest BCUT2D eigenvalue weighted by molar-refractivity contribution is -0.122.